The lowest BCUT2D eigenvalue weighted by Crippen LogP contribution is -1.97. The molecular weight excluding hydrogens is 260 g/mol. The van der Waals surface area contributed by atoms with Gasteiger partial charge in [-0.2, -0.15) is 0 Å². The summed E-state index contributed by atoms with van der Waals surface area (Å²) in [6, 6.07) is 20.3. The molecule has 21 heavy (non-hydrogen) atoms. The minimum atomic E-state index is 0.744. The zero-order chi connectivity index (χ0) is 14.1. The van der Waals surface area contributed by atoms with Crippen LogP contribution in [0.1, 0.15) is 0 Å². The van der Waals surface area contributed by atoms with E-state index >= 15 is 0 Å². The second kappa shape index (κ2) is 4.83. The van der Waals surface area contributed by atoms with Gasteiger partial charge in [0.25, 0.3) is 0 Å². The zero-order valence-electron chi connectivity index (χ0n) is 11.2. The predicted octanol–water partition coefficient (Wildman–Crippen LogP) is 3.46. The zero-order valence-corrected chi connectivity index (χ0v) is 11.2. The summed E-state index contributed by atoms with van der Waals surface area (Å²) in [6.45, 7) is 0. The predicted molar refractivity (Wildman–Crippen MR) is 81.7 cm³/mol. The number of benzene rings is 2. The average molecular weight is 272 g/mol. The van der Waals surface area contributed by atoms with Crippen LogP contribution in [-0.2, 0) is 0 Å². The van der Waals surface area contributed by atoms with E-state index in [0.717, 1.165) is 28.2 Å². The molecule has 0 aliphatic rings. The summed E-state index contributed by atoms with van der Waals surface area (Å²) in [5.74, 6) is 0. The van der Waals surface area contributed by atoms with E-state index in [1.807, 2.05) is 40.8 Å². The van der Waals surface area contributed by atoms with Crippen molar-refractivity contribution in [1.82, 2.24) is 19.6 Å². The average Bonchev–Trinajstić information content (AvgIpc) is 3.04. The lowest BCUT2D eigenvalue weighted by Gasteiger charge is -2.11. The molecule has 0 aliphatic heterocycles. The molecule has 4 nitrogen and oxygen atoms in total. The van der Waals surface area contributed by atoms with E-state index in [2.05, 4.69) is 39.4 Å². The van der Waals surface area contributed by atoms with Crippen LogP contribution in [0.15, 0.2) is 73.2 Å². The first kappa shape index (κ1) is 11.8. The number of hydrogen-bond donors (Lipinski definition) is 0. The summed E-state index contributed by atoms with van der Waals surface area (Å²) in [4.78, 5) is 4.60. The summed E-state index contributed by atoms with van der Waals surface area (Å²) in [5.41, 5.74) is 4.84. The van der Waals surface area contributed by atoms with Crippen molar-refractivity contribution in [1.29, 1.82) is 0 Å². The van der Waals surface area contributed by atoms with Crippen LogP contribution in [0.4, 0.5) is 0 Å². The Kier molecular flexibility index (Phi) is 2.71. The van der Waals surface area contributed by atoms with Gasteiger partial charge in [0, 0.05) is 11.1 Å². The first-order valence-electron chi connectivity index (χ1n) is 6.73. The van der Waals surface area contributed by atoms with E-state index in [1.54, 1.807) is 12.5 Å². The van der Waals surface area contributed by atoms with Crippen LogP contribution in [0.2, 0.25) is 0 Å². The largest absolute Gasteiger partial charge is 0.278 e. The molecule has 0 fully saturated rings. The number of hydrogen-bond acceptors (Lipinski definition) is 3. The second-order valence-corrected chi connectivity index (χ2v) is 4.75. The Balaban J connectivity index is 2.08. The summed E-state index contributed by atoms with van der Waals surface area (Å²) in [7, 11) is 0. The van der Waals surface area contributed by atoms with Gasteiger partial charge in [-0.25, -0.2) is 0 Å². The van der Waals surface area contributed by atoms with Gasteiger partial charge in [0.05, 0.1) is 17.6 Å². The van der Waals surface area contributed by atoms with Crippen molar-refractivity contribution < 1.29 is 0 Å². The van der Waals surface area contributed by atoms with Gasteiger partial charge in [-0.3, -0.25) is 9.38 Å². The molecular formula is C17H12N4. The molecule has 0 bridgehead atoms. The Hall–Kier alpha value is -3.01. The molecule has 100 valence electrons. The first-order valence-corrected chi connectivity index (χ1v) is 6.73. The Morgan fingerprint density at radius 3 is 2.14 bits per heavy atom. The van der Waals surface area contributed by atoms with Gasteiger partial charge in [0.15, 0.2) is 5.65 Å². The fraction of sp³-hybridized carbons (Fsp3) is 0. The first-order chi connectivity index (χ1) is 10.4. The number of rotatable bonds is 2. The summed E-state index contributed by atoms with van der Waals surface area (Å²) in [5, 5.41) is 8.09. The van der Waals surface area contributed by atoms with Crippen LogP contribution in [0.5, 0.6) is 0 Å². The molecule has 4 aromatic rings. The number of fused-ring (bicyclic) bond motifs is 1. The topological polar surface area (TPSA) is 43.1 Å². The van der Waals surface area contributed by atoms with E-state index in [1.165, 1.54) is 0 Å². The summed E-state index contributed by atoms with van der Waals surface area (Å²) < 4.78 is 1.98. The molecule has 0 N–H and O–H groups in total. The van der Waals surface area contributed by atoms with E-state index in [9.17, 15) is 0 Å². The molecule has 0 amide bonds. The fourth-order valence-electron chi connectivity index (χ4n) is 2.48. The highest BCUT2D eigenvalue weighted by Gasteiger charge is 2.13. The third kappa shape index (κ3) is 1.97. The molecule has 0 aliphatic carbocycles. The van der Waals surface area contributed by atoms with E-state index in [-0.39, 0.29) is 0 Å². The minimum Gasteiger partial charge on any atom is -0.278 e. The van der Waals surface area contributed by atoms with Crippen LogP contribution in [0, 0.1) is 0 Å². The number of aromatic nitrogens is 4. The van der Waals surface area contributed by atoms with Gasteiger partial charge < -0.3 is 0 Å². The highest BCUT2D eigenvalue weighted by molar-refractivity contribution is 5.79. The Morgan fingerprint density at radius 1 is 0.762 bits per heavy atom. The van der Waals surface area contributed by atoms with Crippen molar-refractivity contribution in [2.75, 3.05) is 0 Å². The van der Waals surface area contributed by atoms with Gasteiger partial charge in [0.1, 0.15) is 6.33 Å². The van der Waals surface area contributed by atoms with Crippen LogP contribution in [0.3, 0.4) is 0 Å². The number of nitrogens with zero attached hydrogens (tertiary/aromatic N) is 4. The lowest BCUT2D eigenvalue weighted by atomic mass is 10.0. The third-order valence-electron chi connectivity index (χ3n) is 3.44. The lowest BCUT2D eigenvalue weighted by molar-refractivity contribution is 1.10. The van der Waals surface area contributed by atoms with Gasteiger partial charge in [-0.15, -0.1) is 10.2 Å². The van der Waals surface area contributed by atoms with Gasteiger partial charge in [0.2, 0.25) is 0 Å². The summed E-state index contributed by atoms with van der Waals surface area (Å²) in [6.07, 6.45) is 3.48. The third-order valence-corrected chi connectivity index (χ3v) is 3.44. The quantitative estimate of drug-likeness (QED) is 0.561. The maximum Gasteiger partial charge on any atom is 0.179 e. The van der Waals surface area contributed by atoms with Crippen molar-refractivity contribution in [3.05, 3.63) is 73.2 Å². The smallest absolute Gasteiger partial charge is 0.179 e. The van der Waals surface area contributed by atoms with E-state index in [4.69, 9.17) is 0 Å². The maximum atomic E-state index is 4.60. The highest BCUT2D eigenvalue weighted by atomic mass is 15.2. The van der Waals surface area contributed by atoms with Gasteiger partial charge in [-0.05, 0) is 0 Å². The minimum absolute atomic E-state index is 0.744. The molecule has 0 atom stereocenters. The molecule has 0 spiro atoms. The van der Waals surface area contributed by atoms with Crippen LogP contribution >= 0.6 is 0 Å². The van der Waals surface area contributed by atoms with Crippen molar-refractivity contribution >= 4 is 5.65 Å². The van der Waals surface area contributed by atoms with Crippen molar-refractivity contribution in [3.63, 3.8) is 0 Å². The SMILES string of the molecule is c1ccc(-c2ncc3nncn3c2-c2ccccc2)cc1. The Bertz CT molecular complexity index is 882. The summed E-state index contributed by atoms with van der Waals surface area (Å²) >= 11 is 0. The normalized spacial score (nSPS) is 10.9. The molecule has 2 aromatic carbocycles. The standard InChI is InChI=1S/C17H12N4/c1-3-7-13(8-4-1)16-17(14-9-5-2-6-10-14)21-12-19-20-15(21)11-18-16/h1-12H. The molecule has 4 heteroatoms. The molecule has 0 saturated carbocycles. The molecule has 4 rings (SSSR count). The van der Waals surface area contributed by atoms with Gasteiger partial charge in [-0.1, -0.05) is 60.7 Å². The second-order valence-electron chi connectivity index (χ2n) is 4.75. The highest BCUT2D eigenvalue weighted by Crippen LogP contribution is 2.30. The maximum absolute atomic E-state index is 4.60. The van der Waals surface area contributed by atoms with Gasteiger partial charge >= 0.3 is 0 Å². The van der Waals surface area contributed by atoms with E-state index in [0.29, 0.717) is 0 Å². The van der Waals surface area contributed by atoms with Crippen LogP contribution in [-0.4, -0.2) is 19.6 Å². The van der Waals surface area contributed by atoms with Crippen molar-refractivity contribution in [2.45, 2.75) is 0 Å². The van der Waals surface area contributed by atoms with Crippen LogP contribution in [0.25, 0.3) is 28.2 Å². The Morgan fingerprint density at radius 2 is 1.43 bits per heavy atom. The van der Waals surface area contributed by atoms with E-state index < -0.39 is 0 Å². The monoisotopic (exact) mass is 272 g/mol. The van der Waals surface area contributed by atoms with Crippen molar-refractivity contribution in [2.24, 2.45) is 0 Å². The molecule has 0 unspecified atom stereocenters. The molecule has 2 heterocycles. The van der Waals surface area contributed by atoms with Crippen molar-refractivity contribution in [3.8, 4) is 22.5 Å². The van der Waals surface area contributed by atoms with Crippen LogP contribution < -0.4 is 0 Å². The molecule has 2 aromatic heterocycles. The molecule has 0 radical (unpaired) electrons. The molecule has 0 saturated heterocycles. The fourth-order valence-corrected chi connectivity index (χ4v) is 2.48. The Labute approximate surface area is 121 Å².